The fraction of sp³-hybridized carbons (Fsp3) is 0.238. The molecule has 0 aliphatic carbocycles. The minimum atomic E-state index is -0.160. The van der Waals surface area contributed by atoms with Gasteiger partial charge in [0.2, 0.25) is 0 Å². The minimum absolute atomic E-state index is 0.0554. The standard InChI is InChI=1S/C21H22N2O3S/c1-13(2)26-17-10-7-15(11-18(17)25-4)12-19-20(24)23-21(27-19)22-16-8-5-14(3)6-9-16/h5-13H,1-4H3,(H,22,23,24)/b19-12+. The topological polar surface area (TPSA) is 59.9 Å². The van der Waals surface area contributed by atoms with Gasteiger partial charge >= 0.3 is 0 Å². The third-order valence-electron chi connectivity index (χ3n) is 3.76. The fourth-order valence-corrected chi connectivity index (χ4v) is 3.34. The van der Waals surface area contributed by atoms with Crippen molar-refractivity contribution >= 4 is 34.6 Å². The van der Waals surface area contributed by atoms with Crippen LogP contribution in [0.5, 0.6) is 11.5 Å². The van der Waals surface area contributed by atoms with E-state index in [1.54, 1.807) is 7.11 Å². The highest BCUT2D eigenvalue weighted by Crippen LogP contribution is 2.32. The van der Waals surface area contributed by atoms with Gasteiger partial charge in [-0.15, -0.1) is 0 Å². The molecule has 3 rings (SSSR count). The second-order valence-corrected chi connectivity index (χ2v) is 7.42. The smallest absolute Gasteiger partial charge is 0.264 e. The minimum Gasteiger partial charge on any atom is -0.493 e. The molecule has 1 N–H and O–H groups in total. The number of methoxy groups -OCH3 is 1. The molecule has 2 aromatic rings. The molecule has 0 unspecified atom stereocenters. The predicted octanol–water partition coefficient (Wildman–Crippen LogP) is 4.68. The largest absolute Gasteiger partial charge is 0.493 e. The van der Waals surface area contributed by atoms with E-state index >= 15 is 0 Å². The molecule has 0 saturated carbocycles. The van der Waals surface area contributed by atoms with Gasteiger partial charge in [-0.25, -0.2) is 4.99 Å². The molecule has 5 nitrogen and oxygen atoms in total. The van der Waals surface area contributed by atoms with E-state index in [0.717, 1.165) is 11.3 Å². The van der Waals surface area contributed by atoms with Crippen LogP contribution in [-0.4, -0.2) is 24.3 Å². The van der Waals surface area contributed by atoms with Crippen LogP contribution >= 0.6 is 11.8 Å². The molecule has 0 aromatic heterocycles. The predicted molar refractivity (Wildman–Crippen MR) is 111 cm³/mol. The lowest BCUT2D eigenvalue weighted by atomic mass is 10.2. The number of benzene rings is 2. The van der Waals surface area contributed by atoms with Crippen molar-refractivity contribution in [2.75, 3.05) is 7.11 Å². The average Bonchev–Trinajstić information content (AvgIpc) is 2.97. The lowest BCUT2D eigenvalue weighted by Gasteiger charge is -2.13. The fourth-order valence-electron chi connectivity index (χ4n) is 2.49. The second kappa shape index (κ2) is 8.31. The maximum atomic E-state index is 12.3. The van der Waals surface area contributed by atoms with Crippen LogP contribution in [0.3, 0.4) is 0 Å². The summed E-state index contributed by atoms with van der Waals surface area (Å²) in [7, 11) is 1.60. The number of carbonyl (C=O) groups excluding carboxylic acids is 1. The van der Waals surface area contributed by atoms with E-state index in [4.69, 9.17) is 9.47 Å². The lowest BCUT2D eigenvalue weighted by Crippen LogP contribution is -2.19. The Morgan fingerprint density at radius 2 is 1.85 bits per heavy atom. The molecule has 0 spiro atoms. The van der Waals surface area contributed by atoms with Crippen molar-refractivity contribution in [2.24, 2.45) is 4.99 Å². The molecule has 140 valence electrons. The summed E-state index contributed by atoms with van der Waals surface area (Å²) in [4.78, 5) is 17.3. The number of carbonyl (C=O) groups is 1. The highest BCUT2D eigenvalue weighted by Gasteiger charge is 2.24. The number of thioether (sulfide) groups is 1. The number of nitrogens with zero attached hydrogens (tertiary/aromatic N) is 1. The van der Waals surface area contributed by atoms with Gasteiger partial charge in [0.1, 0.15) is 0 Å². The Balaban J connectivity index is 1.81. The Labute approximate surface area is 163 Å². The van der Waals surface area contributed by atoms with Gasteiger partial charge in [-0.3, -0.25) is 4.79 Å². The molecule has 1 fully saturated rings. The van der Waals surface area contributed by atoms with E-state index in [9.17, 15) is 4.79 Å². The van der Waals surface area contributed by atoms with Gasteiger partial charge in [0.15, 0.2) is 16.7 Å². The van der Waals surface area contributed by atoms with E-state index in [-0.39, 0.29) is 12.0 Å². The first kappa shape index (κ1) is 19.0. The van der Waals surface area contributed by atoms with Crippen molar-refractivity contribution in [1.82, 2.24) is 5.32 Å². The molecule has 0 radical (unpaired) electrons. The molecule has 1 aliphatic heterocycles. The summed E-state index contributed by atoms with van der Waals surface area (Å²) in [6, 6.07) is 13.4. The number of amides is 1. The number of aryl methyl sites for hydroxylation is 1. The number of aliphatic imine (C=N–C) groups is 1. The summed E-state index contributed by atoms with van der Waals surface area (Å²) in [5.41, 5.74) is 2.83. The maximum absolute atomic E-state index is 12.3. The van der Waals surface area contributed by atoms with Gasteiger partial charge in [0, 0.05) is 0 Å². The molecule has 1 amide bonds. The summed E-state index contributed by atoms with van der Waals surface area (Å²) < 4.78 is 11.1. The van der Waals surface area contributed by atoms with Gasteiger partial charge < -0.3 is 14.8 Å². The molecule has 1 saturated heterocycles. The van der Waals surface area contributed by atoms with E-state index in [1.807, 2.05) is 69.3 Å². The Morgan fingerprint density at radius 3 is 2.52 bits per heavy atom. The molecule has 2 aromatic carbocycles. The van der Waals surface area contributed by atoms with Crippen molar-refractivity contribution in [3.8, 4) is 11.5 Å². The van der Waals surface area contributed by atoms with Gasteiger partial charge in [0.25, 0.3) is 5.91 Å². The second-order valence-electron chi connectivity index (χ2n) is 6.39. The maximum Gasteiger partial charge on any atom is 0.264 e. The van der Waals surface area contributed by atoms with Crippen LogP contribution in [0, 0.1) is 6.92 Å². The van der Waals surface area contributed by atoms with Crippen LogP contribution in [0.15, 0.2) is 52.4 Å². The normalized spacial score (nSPS) is 16.9. The van der Waals surface area contributed by atoms with Crippen LogP contribution in [0.25, 0.3) is 6.08 Å². The highest BCUT2D eigenvalue weighted by molar-refractivity contribution is 8.18. The number of ether oxygens (including phenoxy) is 2. The van der Waals surface area contributed by atoms with E-state index in [2.05, 4.69) is 10.3 Å². The molecule has 6 heteroatoms. The Kier molecular flexibility index (Phi) is 5.86. The van der Waals surface area contributed by atoms with Gasteiger partial charge in [-0.05, 0) is 68.4 Å². The summed E-state index contributed by atoms with van der Waals surface area (Å²) in [5, 5.41) is 3.37. The first-order valence-electron chi connectivity index (χ1n) is 8.65. The zero-order valence-corrected chi connectivity index (χ0v) is 16.6. The lowest BCUT2D eigenvalue weighted by molar-refractivity contribution is -0.115. The van der Waals surface area contributed by atoms with Gasteiger partial charge in [0.05, 0.1) is 23.8 Å². The number of nitrogens with one attached hydrogen (secondary N) is 1. The zero-order valence-electron chi connectivity index (χ0n) is 15.8. The zero-order chi connectivity index (χ0) is 19.4. The van der Waals surface area contributed by atoms with Crippen LogP contribution < -0.4 is 14.8 Å². The van der Waals surface area contributed by atoms with Crippen LogP contribution in [0.2, 0.25) is 0 Å². The Hall–Kier alpha value is -2.73. The molecule has 1 aliphatic rings. The van der Waals surface area contributed by atoms with Crippen LogP contribution in [0.1, 0.15) is 25.0 Å². The third kappa shape index (κ3) is 4.92. The van der Waals surface area contributed by atoms with Gasteiger partial charge in [-0.1, -0.05) is 23.8 Å². The van der Waals surface area contributed by atoms with Crippen molar-refractivity contribution in [3.63, 3.8) is 0 Å². The first-order chi connectivity index (χ1) is 12.9. The van der Waals surface area contributed by atoms with Crippen LogP contribution in [0.4, 0.5) is 5.69 Å². The van der Waals surface area contributed by atoms with E-state index in [1.165, 1.54) is 17.3 Å². The molecule has 27 heavy (non-hydrogen) atoms. The number of hydrogen-bond acceptors (Lipinski definition) is 5. The van der Waals surface area contributed by atoms with Crippen molar-refractivity contribution in [1.29, 1.82) is 0 Å². The monoisotopic (exact) mass is 382 g/mol. The van der Waals surface area contributed by atoms with E-state index in [0.29, 0.717) is 21.6 Å². The average molecular weight is 382 g/mol. The molecule has 1 heterocycles. The SMILES string of the molecule is COc1cc(/C=C2/SC(=Nc3ccc(C)cc3)NC2=O)ccc1OC(C)C. The van der Waals surface area contributed by atoms with Crippen molar-refractivity contribution in [2.45, 2.75) is 26.9 Å². The number of amidine groups is 1. The number of rotatable bonds is 5. The third-order valence-corrected chi connectivity index (χ3v) is 4.67. The summed E-state index contributed by atoms with van der Waals surface area (Å²) in [6.45, 7) is 5.95. The quantitative estimate of drug-likeness (QED) is 0.763. The Bertz CT molecular complexity index is 902. The molecule has 0 atom stereocenters. The summed E-state index contributed by atoms with van der Waals surface area (Å²) in [5.74, 6) is 1.15. The highest BCUT2D eigenvalue weighted by atomic mass is 32.2. The van der Waals surface area contributed by atoms with Gasteiger partial charge in [-0.2, -0.15) is 0 Å². The first-order valence-corrected chi connectivity index (χ1v) is 9.47. The number of hydrogen-bond donors (Lipinski definition) is 1. The summed E-state index contributed by atoms with van der Waals surface area (Å²) >= 11 is 1.32. The Morgan fingerprint density at radius 1 is 1.11 bits per heavy atom. The molecular formula is C21H22N2O3S. The van der Waals surface area contributed by atoms with Crippen molar-refractivity contribution < 1.29 is 14.3 Å². The molecular weight excluding hydrogens is 360 g/mol. The summed E-state index contributed by atoms with van der Waals surface area (Å²) in [6.07, 6.45) is 1.87. The molecule has 0 bridgehead atoms. The van der Waals surface area contributed by atoms with E-state index < -0.39 is 0 Å². The van der Waals surface area contributed by atoms with Crippen molar-refractivity contribution in [3.05, 3.63) is 58.5 Å². The van der Waals surface area contributed by atoms with Crippen LogP contribution in [-0.2, 0) is 4.79 Å².